The Morgan fingerprint density at radius 3 is 2.64 bits per heavy atom. The average molecular weight is 454 g/mol. The van der Waals surface area contributed by atoms with Crippen molar-refractivity contribution in [3.63, 3.8) is 0 Å². The van der Waals surface area contributed by atoms with E-state index in [1.54, 1.807) is 17.8 Å². The van der Waals surface area contributed by atoms with Crippen LogP contribution in [0.15, 0.2) is 21.9 Å². The van der Waals surface area contributed by atoms with Gasteiger partial charge in [0.15, 0.2) is 11.3 Å². The number of rotatable bonds is 8. The molecule has 1 amide bonds. The van der Waals surface area contributed by atoms with Crippen molar-refractivity contribution in [1.82, 2.24) is 24.3 Å². The Morgan fingerprint density at radius 1 is 1.30 bits per heavy atom. The van der Waals surface area contributed by atoms with Gasteiger partial charge >= 0.3 is 5.69 Å². The number of nitrogens with one attached hydrogen (secondary N) is 1. The number of aromatic nitrogens is 5. The van der Waals surface area contributed by atoms with Gasteiger partial charge in [-0.25, -0.2) is 14.5 Å². The van der Waals surface area contributed by atoms with Crippen molar-refractivity contribution in [2.45, 2.75) is 71.9 Å². The van der Waals surface area contributed by atoms with Crippen LogP contribution in [0.2, 0.25) is 0 Å². The molecular formula is C23H31N7O3. The van der Waals surface area contributed by atoms with Crippen LogP contribution >= 0.6 is 0 Å². The Morgan fingerprint density at radius 2 is 2.03 bits per heavy atom. The van der Waals surface area contributed by atoms with Crippen molar-refractivity contribution in [3.05, 3.63) is 44.4 Å². The second-order valence-electron chi connectivity index (χ2n) is 8.84. The van der Waals surface area contributed by atoms with E-state index in [4.69, 9.17) is 10.7 Å². The predicted octanol–water partition coefficient (Wildman–Crippen LogP) is 2.79. The lowest BCUT2D eigenvalue weighted by Crippen LogP contribution is -2.41. The molecule has 0 unspecified atom stereocenters. The Labute approximate surface area is 191 Å². The van der Waals surface area contributed by atoms with Crippen molar-refractivity contribution in [2.75, 3.05) is 17.2 Å². The van der Waals surface area contributed by atoms with Crippen LogP contribution in [0, 0.1) is 0 Å². The van der Waals surface area contributed by atoms with Crippen LogP contribution < -0.4 is 21.9 Å². The number of nitrogen functional groups attached to an aromatic ring is 1. The molecule has 0 radical (unpaired) electrons. The summed E-state index contributed by atoms with van der Waals surface area (Å²) >= 11 is 0. The van der Waals surface area contributed by atoms with Gasteiger partial charge in [0, 0.05) is 30.7 Å². The molecule has 3 aromatic rings. The van der Waals surface area contributed by atoms with Crippen molar-refractivity contribution in [3.8, 4) is 0 Å². The van der Waals surface area contributed by atoms with E-state index in [1.807, 2.05) is 26.8 Å². The van der Waals surface area contributed by atoms with Gasteiger partial charge in [-0.1, -0.05) is 13.3 Å². The first-order valence-corrected chi connectivity index (χ1v) is 11.6. The number of fused-ring (bicyclic) bond motifs is 1. The standard InChI is InChI=1S/C23H31N7O3/c1-5-7-10-29-19(24)18(21(31)27-23(29)33)28(6-2)22(32)15-11-17(14-8-9-14)26-20-16(15)12-25-30(20)13(3)4/h11-14H,5-10,24H2,1-4H3,(H,27,31,33). The van der Waals surface area contributed by atoms with Gasteiger partial charge in [0.1, 0.15) is 5.82 Å². The Bertz CT molecular complexity index is 1310. The van der Waals surface area contributed by atoms with Gasteiger partial charge in [-0.3, -0.25) is 19.1 Å². The van der Waals surface area contributed by atoms with Gasteiger partial charge in [-0.15, -0.1) is 0 Å². The second kappa shape index (κ2) is 8.84. The first-order chi connectivity index (χ1) is 15.8. The van der Waals surface area contributed by atoms with E-state index in [2.05, 4.69) is 10.1 Å². The number of amides is 1. The summed E-state index contributed by atoms with van der Waals surface area (Å²) in [6.45, 7) is 8.37. The van der Waals surface area contributed by atoms with Crippen LogP contribution in [-0.2, 0) is 6.54 Å². The Hall–Kier alpha value is -3.43. The van der Waals surface area contributed by atoms with Gasteiger partial charge < -0.3 is 10.6 Å². The molecule has 1 aliphatic rings. The molecule has 1 aliphatic carbocycles. The number of pyridine rings is 1. The zero-order chi connectivity index (χ0) is 23.9. The van der Waals surface area contributed by atoms with Crippen molar-refractivity contribution in [2.24, 2.45) is 0 Å². The first-order valence-electron chi connectivity index (χ1n) is 11.6. The molecule has 10 heteroatoms. The zero-order valence-corrected chi connectivity index (χ0v) is 19.6. The molecule has 10 nitrogen and oxygen atoms in total. The monoisotopic (exact) mass is 453 g/mol. The molecule has 0 aromatic carbocycles. The van der Waals surface area contributed by atoms with E-state index >= 15 is 0 Å². The molecule has 1 saturated carbocycles. The number of unbranched alkanes of at least 4 members (excludes halogenated alkanes) is 1. The molecule has 1 fully saturated rings. The van der Waals surface area contributed by atoms with Crippen molar-refractivity contribution >= 4 is 28.4 Å². The Kier molecular flexibility index (Phi) is 6.09. The number of hydrogen-bond donors (Lipinski definition) is 2. The third kappa shape index (κ3) is 4.05. The van der Waals surface area contributed by atoms with Crippen LogP contribution in [0.25, 0.3) is 11.0 Å². The molecule has 0 atom stereocenters. The van der Waals surface area contributed by atoms with E-state index in [-0.39, 0.29) is 30.0 Å². The molecule has 33 heavy (non-hydrogen) atoms. The molecule has 4 rings (SSSR count). The van der Waals surface area contributed by atoms with Gasteiger partial charge in [-0.2, -0.15) is 5.10 Å². The molecular weight excluding hydrogens is 422 g/mol. The fourth-order valence-electron chi connectivity index (χ4n) is 4.11. The maximum absolute atomic E-state index is 13.8. The number of nitrogens with zero attached hydrogens (tertiary/aromatic N) is 5. The molecule has 3 N–H and O–H groups in total. The first kappa shape index (κ1) is 22.8. The number of carbonyl (C=O) groups excluding carboxylic acids is 1. The van der Waals surface area contributed by atoms with Crippen LogP contribution in [0.1, 0.15) is 81.4 Å². The SMILES string of the molecule is CCCCn1c(N)c(N(CC)C(=O)c2cc(C3CC3)nc3c2cnn3C(C)C)c(=O)[nH]c1=O. The summed E-state index contributed by atoms with van der Waals surface area (Å²) in [5.74, 6) is -0.0399. The molecule has 0 spiro atoms. The number of H-pyrrole nitrogens is 1. The minimum absolute atomic E-state index is 0.00186. The normalized spacial score (nSPS) is 13.7. The number of carbonyl (C=O) groups is 1. The lowest BCUT2D eigenvalue weighted by molar-refractivity contribution is 0.0989. The minimum atomic E-state index is -0.675. The van der Waals surface area contributed by atoms with Gasteiger partial charge in [0.05, 0.1) is 17.1 Å². The highest BCUT2D eigenvalue weighted by Gasteiger charge is 2.31. The maximum atomic E-state index is 13.8. The fraction of sp³-hybridized carbons (Fsp3) is 0.522. The molecule has 0 bridgehead atoms. The van der Waals surface area contributed by atoms with Gasteiger partial charge in [0.25, 0.3) is 11.5 Å². The minimum Gasteiger partial charge on any atom is -0.383 e. The van der Waals surface area contributed by atoms with E-state index in [0.29, 0.717) is 29.1 Å². The number of hydrogen-bond acceptors (Lipinski definition) is 6. The van der Waals surface area contributed by atoms with Crippen LogP contribution in [0.3, 0.4) is 0 Å². The summed E-state index contributed by atoms with van der Waals surface area (Å²) in [5, 5.41) is 5.09. The quantitative estimate of drug-likeness (QED) is 0.539. The molecule has 0 saturated heterocycles. The third-order valence-corrected chi connectivity index (χ3v) is 6.08. The van der Waals surface area contributed by atoms with E-state index in [0.717, 1.165) is 31.4 Å². The van der Waals surface area contributed by atoms with Crippen LogP contribution in [0.5, 0.6) is 0 Å². The van der Waals surface area contributed by atoms with Gasteiger partial charge in [0.2, 0.25) is 0 Å². The number of nitrogens with two attached hydrogens (primary N) is 1. The second-order valence-corrected chi connectivity index (χ2v) is 8.84. The summed E-state index contributed by atoms with van der Waals surface area (Å²) in [6.07, 6.45) is 5.30. The fourth-order valence-corrected chi connectivity index (χ4v) is 4.11. The summed E-state index contributed by atoms with van der Waals surface area (Å²) in [7, 11) is 0. The summed E-state index contributed by atoms with van der Waals surface area (Å²) in [6, 6.07) is 1.89. The van der Waals surface area contributed by atoms with E-state index in [9.17, 15) is 14.4 Å². The molecule has 3 aromatic heterocycles. The molecule has 0 aliphatic heterocycles. The highest BCUT2D eigenvalue weighted by atomic mass is 16.2. The van der Waals surface area contributed by atoms with Crippen LogP contribution in [0.4, 0.5) is 11.5 Å². The number of aromatic amines is 1. The van der Waals surface area contributed by atoms with Crippen molar-refractivity contribution in [1.29, 1.82) is 0 Å². The maximum Gasteiger partial charge on any atom is 0.330 e. The third-order valence-electron chi connectivity index (χ3n) is 6.08. The zero-order valence-electron chi connectivity index (χ0n) is 19.6. The average Bonchev–Trinajstić information content (AvgIpc) is 3.53. The summed E-state index contributed by atoms with van der Waals surface area (Å²) in [5.41, 5.74) is 6.98. The highest BCUT2D eigenvalue weighted by Crippen LogP contribution is 2.40. The lowest BCUT2D eigenvalue weighted by Gasteiger charge is -2.23. The van der Waals surface area contributed by atoms with E-state index < -0.39 is 11.2 Å². The predicted molar refractivity (Wildman–Crippen MR) is 128 cm³/mol. The number of anilines is 2. The highest BCUT2D eigenvalue weighted by molar-refractivity contribution is 6.14. The summed E-state index contributed by atoms with van der Waals surface area (Å²) < 4.78 is 3.13. The van der Waals surface area contributed by atoms with Crippen molar-refractivity contribution < 1.29 is 4.79 Å². The summed E-state index contributed by atoms with van der Waals surface area (Å²) in [4.78, 5) is 47.5. The molecule has 176 valence electrons. The lowest BCUT2D eigenvalue weighted by atomic mass is 10.1. The smallest absolute Gasteiger partial charge is 0.330 e. The topological polar surface area (TPSA) is 132 Å². The van der Waals surface area contributed by atoms with Gasteiger partial charge in [-0.05, 0) is 46.1 Å². The largest absolute Gasteiger partial charge is 0.383 e. The molecule has 3 heterocycles. The van der Waals surface area contributed by atoms with Crippen LogP contribution in [-0.4, -0.2) is 36.8 Å². The van der Waals surface area contributed by atoms with E-state index in [1.165, 1.54) is 9.47 Å². The Balaban J connectivity index is 1.87.